The first-order valence-electron chi connectivity index (χ1n) is 6.34. The van der Waals surface area contributed by atoms with Crippen LogP contribution in [0, 0.1) is 0 Å². The van der Waals surface area contributed by atoms with Crippen molar-refractivity contribution in [1.29, 1.82) is 0 Å². The molecule has 0 fully saturated rings. The van der Waals surface area contributed by atoms with Crippen LogP contribution < -0.4 is 5.32 Å². The summed E-state index contributed by atoms with van der Waals surface area (Å²) < 4.78 is 7.11. The summed E-state index contributed by atoms with van der Waals surface area (Å²) in [5.74, 6) is 1.34. The van der Waals surface area contributed by atoms with Gasteiger partial charge in [-0.15, -0.1) is 0 Å². The van der Waals surface area contributed by atoms with Gasteiger partial charge < -0.3 is 9.84 Å². The van der Waals surface area contributed by atoms with Gasteiger partial charge >= 0.3 is 0 Å². The summed E-state index contributed by atoms with van der Waals surface area (Å²) in [6.45, 7) is 7.05. The second-order valence-electron chi connectivity index (χ2n) is 4.26. The van der Waals surface area contributed by atoms with Crippen molar-refractivity contribution in [3.8, 4) is 0 Å². The monoisotopic (exact) mass is 249 g/mol. The molecule has 0 aromatic carbocycles. The van der Waals surface area contributed by atoms with Gasteiger partial charge in [0.15, 0.2) is 5.82 Å². The third kappa shape index (κ3) is 2.88. The molecule has 1 N–H and O–H groups in total. The zero-order chi connectivity index (χ0) is 13.0. The zero-order valence-electron chi connectivity index (χ0n) is 11.1. The van der Waals surface area contributed by atoms with E-state index in [9.17, 15) is 0 Å². The highest BCUT2D eigenvalue weighted by molar-refractivity contribution is 5.39. The SMILES string of the molecule is CCCn1cc(NC(C)c2nc(CC)no2)cn1. The Morgan fingerprint density at radius 1 is 1.44 bits per heavy atom. The quantitative estimate of drug-likeness (QED) is 0.851. The van der Waals surface area contributed by atoms with E-state index in [1.54, 1.807) is 0 Å². The third-order valence-electron chi connectivity index (χ3n) is 2.64. The molecule has 0 spiro atoms. The van der Waals surface area contributed by atoms with Crippen LogP contribution in [0.25, 0.3) is 0 Å². The van der Waals surface area contributed by atoms with E-state index in [1.807, 2.05) is 30.9 Å². The van der Waals surface area contributed by atoms with Gasteiger partial charge in [-0.3, -0.25) is 4.68 Å². The molecule has 2 rings (SSSR count). The Bertz CT molecular complexity index is 490. The molecule has 2 heterocycles. The van der Waals surface area contributed by atoms with Gasteiger partial charge in [0.05, 0.1) is 11.9 Å². The molecule has 0 aliphatic rings. The maximum atomic E-state index is 5.19. The Balaban J connectivity index is 1.99. The highest BCUT2D eigenvalue weighted by Crippen LogP contribution is 2.17. The van der Waals surface area contributed by atoms with Gasteiger partial charge in [-0.1, -0.05) is 19.0 Å². The average molecular weight is 249 g/mol. The van der Waals surface area contributed by atoms with Crippen LogP contribution in [-0.4, -0.2) is 19.9 Å². The summed E-state index contributed by atoms with van der Waals surface area (Å²) in [7, 11) is 0. The number of rotatable bonds is 6. The van der Waals surface area contributed by atoms with E-state index in [0.717, 1.165) is 30.9 Å². The van der Waals surface area contributed by atoms with E-state index in [4.69, 9.17) is 4.52 Å². The molecule has 0 radical (unpaired) electrons. The van der Waals surface area contributed by atoms with E-state index in [0.29, 0.717) is 5.89 Å². The lowest BCUT2D eigenvalue weighted by Gasteiger charge is -2.08. The minimum absolute atomic E-state index is 0.0166. The summed E-state index contributed by atoms with van der Waals surface area (Å²) in [4.78, 5) is 4.30. The number of hydrogen-bond donors (Lipinski definition) is 1. The molecular weight excluding hydrogens is 230 g/mol. The summed E-state index contributed by atoms with van der Waals surface area (Å²) in [5, 5.41) is 11.4. The maximum Gasteiger partial charge on any atom is 0.248 e. The molecule has 0 bridgehead atoms. The highest BCUT2D eigenvalue weighted by atomic mass is 16.5. The summed E-state index contributed by atoms with van der Waals surface area (Å²) >= 11 is 0. The number of aryl methyl sites for hydroxylation is 2. The van der Waals surface area contributed by atoms with Gasteiger partial charge in [0.1, 0.15) is 6.04 Å². The summed E-state index contributed by atoms with van der Waals surface area (Å²) in [6.07, 6.45) is 5.64. The van der Waals surface area contributed by atoms with Crippen molar-refractivity contribution in [1.82, 2.24) is 19.9 Å². The van der Waals surface area contributed by atoms with Gasteiger partial charge in [0.2, 0.25) is 5.89 Å². The van der Waals surface area contributed by atoms with Crippen LogP contribution in [-0.2, 0) is 13.0 Å². The van der Waals surface area contributed by atoms with E-state index in [2.05, 4.69) is 27.5 Å². The first-order valence-corrected chi connectivity index (χ1v) is 6.34. The van der Waals surface area contributed by atoms with E-state index in [-0.39, 0.29) is 6.04 Å². The molecule has 0 saturated heterocycles. The lowest BCUT2D eigenvalue weighted by molar-refractivity contribution is 0.363. The molecule has 18 heavy (non-hydrogen) atoms. The third-order valence-corrected chi connectivity index (χ3v) is 2.64. The zero-order valence-corrected chi connectivity index (χ0v) is 11.1. The normalized spacial score (nSPS) is 12.6. The predicted octanol–water partition coefficient (Wildman–Crippen LogP) is 2.41. The van der Waals surface area contributed by atoms with Crippen LogP contribution in [0.3, 0.4) is 0 Å². The van der Waals surface area contributed by atoms with Crippen LogP contribution in [0.4, 0.5) is 5.69 Å². The molecule has 98 valence electrons. The molecule has 2 aromatic rings. The average Bonchev–Trinajstić information content (AvgIpc) is 2.98. The van der Waals surface area contributed by atoms with Crippen molar-refractivity contribution in [2.45, 2.75) is 46.2 Å². The first kappa shape index (κ1) is 12.6. The molecular formula is C12H19N5O. The summed E-state index contributed by atoms with van der Waals surface area (Å²) in [6, 6.07) is -0.0166. The van der Waals surface area contributed by atoms with Crippen LogP contribution in [0.2, 0.25) is 0 Å². The maximum absolute atomic E-state index is 5.19. The van der Waals surface area contributed by atoms with Crippen molar-refractivity contribution < 1.29 is 4.52 Å². The topological polar surface area (TPSA) is 68.8 Å². The highest BCUT2D eigenvalue weighted by Gasteiger charge is 2.13. The molecule has 6 heteroatoms. The van der Waals surface area contributed by atoms with Crippen molar-refractivity contribution in [3.05, 3.63) is 24.1 Å². The minimum atomic E-state index is -0.0166. The van der Waals surface area contributed by atoms with Crippen molar-refractivity contribution in [3.63, 3.8) is 0 Å². The van der Waals surface area contributed by atoms with Crippen molar-refractivity contribution in [2.75, 3.05) is 5.32 Å². The molecule has 0 amide bonds. The van der Waals surface area contributed by atoms with Gasteiger partial charge in [0, 0.05) is 19.2 Å². The van der Waals surface area contributed by atoms with Crippen LogP contribution in [0.15, 0.2) is 16.9 Å². The number of anilines is 1. The smallest absolute Gasteiger partial charge is 0.248 e. The van der Waals surface area contributed by atoms with Crippen LogP contribution in [0.5, 0.6) is 0 Å². The molecule has 1 atom stereocenters. The lowest BCUT2D eigenvalue weighted by atomic mass is 10.3. The Kier molecular flexibility index (Phi) is 3.96. The number of aromatic nitrogens is 4. The summed E-state index contributed by atoms with van der Waals surface area (Å²) in [5.41, 5.74) is 0.965. The molecule has 0 aliphatic heterocycles. The van der Waals surface area contributed by atoms with Crippen molar-refractivity contribution in [2.24, 2.45) is 0 Å². The Hall–Kier alpha value is -1.85. The number of nitrogens with zero attached hydrogens (tertiary/aromatic N) is 4. The number of hydrogen-bond acceptors (Lipinski definition) is 5. The predicted molar refractivity (Wildman–Crippen MR) is 68.2 cm³/mol. The molecule has 0 saturated carbocycles. The second-order valence-corrected chi connectivity index (χ2v) is 4.26. The van der Waals surface area contributed by atoms with Gasteiger partial charge in [-0.25, -0.2) is 0 Å². The van der Waals surface area contributed by atoms with Gasteiger partial charge in [-0.2, -0.15) is 10.1 Å². The molecule has 0 aliphatic carbocycles. The van der Waals surface area contributed by atoms with Crippen LogP contribution in [0.1, 0.15) is 44.9 Å². The Morgan fingerprint density at radius 3 is 2.94 bits per heavy atom. The largest absolute Gasteiger partial charge is 0.371 e. The van der Waals surface area contributed by atoms with Crippen molar-refractivity contribution >= 4 is 5.69 Å². The van der Waals surface area contributed by atoms with Gasteiger partial charge in [0.25, 0.3) is 0 Å². The Morgan fingerprint density at radius 2 is 2.28 bits per heavy atom. The fourth-order valence-electron chi connectivity index (χ4n) is 1.69. The number of nitrogens with one attached hydrogen (secondary N) is 1. The fourth-order valence-corrected chi connectivity index (χ4v) is 1.69. The second kappa shape index (κ2) is 5.66. The fraction of sp³-hybridized carbons (Fsp3) is 0.583. The standard InChI is InChI=1S/C12H19N5O/c1-4-6-17-8-10(7-13-17)14-9(3)12-15-11(5-2)16-18-12/h7-9,14H,4-6H2,1-3H3. The van der Waals surface area contributed by atoms with E-state index >= 15 is 0 Å². The van der Waals surface area contributed by atoms with Crippen LogP contribution >= 0.6 is 0 Å². The Labute approximate surface area is 106 Å². The van der Waals surface area contributed by atoms with Gasteiger partial charge in [-0.05, 0) is 13.3 Å². The first-order chi connectivity index (χ1) is 8.72. The lowest BCUT2D eigenvalue weighted by Crippen LogP contribution is -2.06. The van der Waals surface area contributed by atoms with E-state index < -0.39 is 0 Å². The molecule has 6 nitrogen and oxygen atoms in total. The molecule has 1 unspecified atom stereocenters. The molecule has 2 aromatic heterocycles. The minimum Gasteiger partial charge on any atom is -0.371 e. The van der Waals surface area contributed by atoms with E-state index in [1.165, 1.54) is 0 Å².